The van der Waals surface area contributed by atoms with Crippen molar-refractivity contribution in [2.24, 2.45) is 0 Å². The van der Waals surface area contributed by atoms with Gasteiger partial charge in [0.2, 0.25) is 5.88 Å². The number of hydrogen-bond donors (Lipinski definition) is 2. The van der Waals surface area contributed by atoms with Gasteiger partial charge in [-0.25, -0.2) is 0 Å². The SMILES string of the molecule is COc1nc2sccn2c1CNCC(O)c1ccsc1. The molecule has 3 aromatic rings. The van der Waals surface area contributed by atoms with E-state index >= 15 is 0 Å². The third-order valence-corrected chi connectivity index (χ3v) is 4.53. The van der Waals surface area contributed by atoms with Gasteiger partial charge in [0, 0.05) is 24.7 Å². The molecule has 0 aliphatic carbocycles. The average molecular weight is 309 g/mol. The molecule has 0 fully saturated rings. The molecule has 5 nitrogen and oxygen atoms in total. The van der Waals surface area contributed by atoms with Crippen LogP contribution in [0.25, 0.3) is 4.96 Å². The van der Waals surface area contributed by atoms with Crippen molar-refractivity contribution in [2.45, 2.75) is 12.6 Å². The first-order valence-electron chi connectivity index (χ1n) is 6.19. The highest BCUT2D eigenvalue weighted by molar-refractivity contribution is 7.15. The fraction of sp³-hybridized carbons (Fsp3) is 0.308. The summed E-state index contributed by atoms with van der Waals surface area (Å²) < 4.78 is 7.30. The number of aliphatic hydroxyl groups excluding tert-OH is 1. The fourth-order valence-electron chi connectivity index (χ4n) is 2.05. The van der Waals surface area contributed by atoms with Gasteiger partial charge < -0.3 is 15.2 Å². The van der Waals surface area contributed by atoms with Crippen LogP contribution in [0.5, 0.6) is 5.88 Å². The van der Waals surface area contributed by atoms with E-state index < -0.39 is 6.10 Å². The maximum absolute atomic E-state index is 10.0. The molecule has 0 bridgehead atoms. The van der Waals surface area contributed by atoms with E-state index in [0.717, 1.165) is 16.2 Å². The van der Waals surface area contributed by atoms with Crippen molar-refractivity contribution in [1.29, 1.82) is 0 Å². The van der Waals surface area contributed by atoms with E-state index in [-0.39, 0.29) is 0 Å². The molecule has 0 saturated carbocycles. The molecule has 20 heavy (non-hydrogen) atoms. The number of fused-ring (bicyclic) bond motifs is 1. The predicted octanol–water partition coefficient (Wildman–Crippen LogP) is 2.29. The average Bonchev–Trinajstić information content (AvgIpc) is 3.16. The van der Waals surface area contributed by atoms with Crippen LogP contribution < -0.4 is 10.1 Å². The van der Waals surface area contributed by atoms with E-state index in [4.69, 9.17) is 4.74 Å². The van der Waals surface area contributed by atoms with E-state index in [1.54, 1.807) is 29.8 Å². The maximum atomic E-state index is 10.0. The van der Waals surface area contributed by atoms with Crippen LogP contribution in [-0.2, 0) is 6.54 Å². The maximum Gasteiger partial charge on any atom is 0.237 e. The van der Waals surface area contributed by atoms with Crippen molar-refractivity contribution < 1.29 is 9.84 Å². The molecule has 3 rings (SSSR count). The predicted molar refractivity (Wildman–Crippen MR) is 80.6 cm³/mol. The summed E-state index contributed by atoms with van der Waals surface area (Å²) in [5.74, 6) is 0.634. The summed E-state index contributed by atoms with van der Waals surface area (Å²) in [5, 5.41) is 19.2. The van der Waals surface area contributed by atoms with E-state index in [9.17, 15) is 5.11 Å². The van der Waals surface area contributed by atoms with E-state index in [1.165, 1.54) is 0 Å². The number of thiazole rings is 1. The van der Waals surface area contributed by atoms with Crippen LogP contribution in [0.15, 0.2) is 28.4 Å². The second kappa shape index (κ2) is 5.92. The normalized spacial score (nSPS) is 12.9. The summed E-state index contributed by atoms with van der Waals surface area (Å²) in [5.41, 5.74) is 1.92. The van der Waals surface area contributed by atoms with Gasteiger partial charge in [0.25, 0.3) is 0 Å². The number of thiophene rings is 1. The summed E-state index contributed by atoms with van der Waals surface area (Å²) in [6.45, 7) is 1.10. The van der Waals surface area contributed by atoms with Gasteiger partial charge in [0.15, 0.2) is 4.96 Å². The minimum absolute atomic E-state index is 0.488. The molecule has 0 spiro atoms. The van der Waals surface area contributed by atoms with Crippen LogP contribution >= 0.6 is 22.7 Å². The lowest BCUT2D eigenvalue weighted by Gasteiger charge is -2.10. The Morgan fingerprint density at radius 3 is 3.15 bits per heavy atom. The van der Waals surface area contributed by atoms with Crippen molar-refractivity contribution in [3.8, 4) is 5.88 Å². The molecule has 2 N–H and O–H groups in total. The molecule has 0 amide bonds. The Labute approximate surface area is 124 Å². The molecule has 0 aliphatic heterocycles. The summed E-state index contributed by atoms with van der Waals surface area (Å²) >= 11 is 3.16. The summed E-state index contributed by atoms with van der Waals surface area (Å²) in [6.07, 6.45) is 1.49. The lowest BCUT2D eigenvalue weighted by molar-refractivity contribution is 0.174. The number of ether oxygens (including phenoxy) is 1. The van der Waals surface area contributed by atoms with E-state index in [2.05, 4.69) is 10.3 Å². The van der Waals surface area contributed by atoms with Gasteiger partial charge in [-0.2, -0.15) is 16.3 Å². The summed E-state index contributed by atoms with van der Waals surface area (Å²) in [4.78, 5) is 5.31. The molecule has 106 valence electrons. The zero-order valence-electron chi connectivity index (χ0n) is 10.9. The Hall–Kier alpha value is -1.41. The third kappa shape index (κ3) is 2.57. The zero-order chi connectivity index (χ0) is 13.9. The number of imidazole rings is 1. The van der Waals surface area contributed by atoms with Crippen molar-refractivity contribution in [3.05, 3.63) is 39.7 Å². The highest BCUT2D eigenvalue weighted by Crippen LogP contribution is 2.23. The molecule has 7 heteroatoms. The minimum atomic E-state index is -0.488. The van der Waals surface area contributed by atoms with Gasteiger partial charge in [-0.3, -0.25) is 4.40 Å². The Morgan fingerprint density at radius 1 is 1.50 bits per heavy atom. The van der Waals surface area contributed by atoms with Crippen LogP contribution in [0.4, 0.5) is 0 Å². The zero-order valence-corrected chi connectivity index (χ0v) is 12.6. The molecular formula is C13H15N3O2S2. The van der Waals surface area contributed by atoms with Crippen molar-refractivity contribution in [1.82, 2.24) is 14.7 Å². The monoisotopic (exact) mass is 309 g/mol. The molecule has 0 aliphatic rings. The van der Waals surface area contributed by atoms with Crippen molar-refractivity contribution >= 4 is 27.6 Å². The second-order valence-corrected chi connectivity index (χ2v) is 5.98. The first-order chi connectivity index (χ1) is 9.79. The molecule has 3 heterocycles. The van der Waals surface area contributed by atoms with Gasteiger partial charge in [-0.05, 0) is 22.4 Å². The number of methoxy groups -OCH3 is 1. The second-order valence-electron chi connectivity index (χ2n) is 4.33. The highest BCUT2D eigenvalue weighted by atomic mass is 32.1. The molecule has 0 aromatic carbocycles. The Morgan fingerprint density at radius 2 is 2.40 bits per heavy atom. The minimum Gasteiger partial charge on any atom is -0.480 e. The van der Waals surface area contributed by atoms with Gasteiger partial charge in [-0.15, -0.1) is 11.3 Å². The van der Waals surface area contributed by atoms with E-state index in [0.29, 0.717) is 19.0 Å². The topological polar surface area (TPSA) is 58.8 Å². The smallest absolute Gasteiger partial charge is 0.237 e. The Kier molecular flexibility index (Phi) is 4.02. The number of aliphatic hydroxyl groups is 1. The summed E-state index contributed by atoms with van der Waals surface area (Å²) in [7, 11) is 1.62. The molecule has 0 saturated heterocycles. The molecular weight excluding hydrogens is 294 g/mol. The van der Waals surface area contributed by atoms with Crippen molar-refractivity contribution in [2.75, 3.05) is 13.7 Å². The van der Waals surface area contributed by atoms with Gasteiger partial charge >= 0.3 is 0 Å². The van der Waals surface area contributed by atoms with E-state index in [1.807, 2.05) is 32.8 Å². The van der Waals surface area contributed by atoms with Gasteiger partial charge in [-0.1, -0.05) is 0 Å². The fourth-order valence-corrected chi connectivity index (χ4v) is 3.48. The summed E-state index contributed by atoms with van der Waals surface area (Å²) in [6, 6.07) is 1.94. The van der Waals surface area contributed by atoms with Gasteiger partial charge in [0.05, 0.1) is 13.2 Å². The van der Waals surface area contributed by atoms with Crippen LogP contribution in [0.1, 0.15) is 17.4 Å². The number of rotatable bonds is 6. The number of aromatic nitrogens is 2. The lowest BCUT2D eigenvalue weighted by atomic mass is 10.2. The lowest BCUT2D eigenvalue weighted by Crippen LogP contribution is -2.21. The molecule has 1 unspecified atom stereocenters. The largest absolute Gasteiger partial charge is 0.480 e. The third-order valence-electron chi connectivity index (χ3n) is 3.08. The number of nitrogens with zero attached hydrogens (tertiary/aromatic N) is 2. The number of nitrogens with one attached hydrogen (secondary N) is 1. The Bertz CT molecular complexity index is 675. The standard InChI is InChI=1S/C13H15N3O2S2/c1-18-12-10(16-3-5-20-13(16)15-12)6-14-7-11(17)9-2-4-19-8-9/h2-5,8,11,14,17H,6-7H2,1H3. The van der Waals surface area contributed by atoms with Crippen LogP contribution in [0.3, 0.4) is 0 Å². The van der Waals surface area contributed by atoms with Gasteiger partial charge in [0.1, 0.15) is 5.69 Å². The van der Waals surface area contributed by atoms with Crippen molar-refractivity contribution in [3.63, 3.8) is 0 Å². The Balaban J connectivity index is 1.66. The first-order valence-corrected chi connectivity index (χ1v) is 8.01. The molecule has 0 radical (unpaired) electrons. The highest BCUT2D eigenvalue weighted by Gasteiger charge is 2.14. The molecule has 3 aromatic heterocycles. The molecule has 1 atom stereocenters. The van der Waals surface area contributed by atoms with Crippen LogP contribution in [0, 0.1) is 0 Å². The quantitative estimate of drug-likeness (QED) is 0.733. The first kappa shape index (κ1) is 13.6. The number of hydrogen-bond acceptors (Lipinski definition) is 6. The van der Waals surface area contributed by atoms with Crippen LogP contribution in [-0.4, -0.2) is 28.1 Å². The van der Waals surface area contributed by atoms with Crippen LogP contribution in [0.2, 0.25) is 0 Å².